The molecule has 0 fully saturated rings. The van der Waals surface area contributed by atoms with Gasteiger partial charge in [-0.25, -0.2) is 9.37 Å². The van der Waals surface area contributed by atoms with Crippen molar-refractivity contribution in [3.05, 3.63) is 33.7 Å². The van der Waals surface area contributed by atoms with Crippen LogP contribution in [-0.2, 0) is 13.6 Å². The Morgan fingerprint density at radius 1 is 1.42 bits per heavy atom. The summed E-state index contributed by atoms with van der Waals surface area (Å²) in [6.07, 6.45) is 1.61. The summed E-state index contributed by atoms with van der Waals surface area (Å²) >= 11 is 1.93. The molecule has 0 bridgehead atoms. The first-order valence-electron chi connectivity index (χ1n) is 5.50. The zero-order valence-electron chi connectivity index (χ0n) is 10.0. The predicted octanol–water partition coefficient (Wildman–Crippen LogP) is 1.54. The van der Waals surface area contributed by atoms with E-state index in [1.54, 1.807) is 21.5 Å². The van der Waals surface area contributed by atoms with Crippen molar-refractivity contribution in [3.63, 3.8) is 0 Å². The van der Waals surface area contributed by atoms with Crippen LogP contribution < -0.4 is 5.73 Å². The van der Waals surface area contributed by atoms with Crippen molar-refractivity contribution in [2.75, 3.05) is 5.73 Å². The molecule has 0 radical (unpaired) electrons. The molecule has 0 aliphatic carbocycles. The van der Waals surface area contributed by atoms with E-state index in [1.807, 2.05) is 29.6 Å². The first kappa shape index (κ1) is 12.3. The molecule has 0 aliphatic heterocycles. The van der Waals surface area contributed by atoms with E-state index < -0.39 is 0 Å². The lowest BCUT2D eigenvalue weighted by molar-refractivity contribution is 0.620. The third-order valence-corrected chi connectivity index (χ3v) is 3.75. The fraction of sp³-hybridized carbons (Fsp3) is 0.182. The highest BCUT2D eigenvalue weighted by molar-refractivity contribution is 14.1. The molecule has 0 saturated carbocycles. The van der Waals surface area contributed by atoms with E-state index in [9.17, 15) is 4.39 Å². The monoisotopic (exact) mass is 372 g/mol. The molecule has 0 aliphatic rings. The number of rotatable bonds is 2. The molecule has 1 aromatic carbocycles. The summed E-state index contributed by atoms with van der Waals surface area (Å²) in [6, 6.07) is 3.12. The van der Waals surface area contributed by atoms with Gasteiger partial charge < -0.3 is 14.9 Å². The molecule has 0 saturated heterocycles. The zero-order valence-corrected chi connectivity index (χ0v) is 12.2. The Labute approximate surface area is 121 Å². The number of fused-ring (bicyclic) bond motifs is 1. The molecule has 98 valence electrons. The Morgan fingerprint density at radius 2 is 2.21 bits per heavy atom. The number of aromatic nitrogens is 5. The van der Waals surface area contributed by atoms with Gasteiger partial charge >= 0.3 is 0 Å². The molecule has 8 heteroatoms. The molecule has 0 unspecified atom stereocenters. The lowest BCUT2D eigenvalue weighted by atomic mass is 10.3. The average Bonchev–Trinajstić information content (AvgIpc) is 2.88. The summed E-state index contributed by atoms with van der Waals surface area (Å²) in [5.41, 5.74) is 7.21. The first-order valence-corrected chi connectivity index (χ1v) is 6.58. The van der Waals surface area contributed by atoms with Crippen molar-refractivity contribution in [1.82, 2.24) is 24.3 Å². The number of nitrogens with zero attached hydrogens (tertiary/aromatic N) is 5. The van der Waals surface area contributed by atoms with E-state index in [4.69, 9.17) is 5.73 Å². The number of nitrogens with two attached hydrogens (primary N) is 1. The third kappa shape index (κ3) is 2.05. The summed E-state index contributed by atoms with van der Waals surface area (Å²) in [7, 11) is 1.84. The van der Waals surface area contributed by atoms with Crippen LogP contribution in [0, 0.1) is 9.39 Å². The minimum Gasteiger partial charge on any atom is -0.369 e. The van der Waals surface area contributed by atoms with Gasteiger partial charge in [0.1, 0.15) is 12.1 Å². The maximum Gasteiger partial charge on any atom is 0.201 e. The molecular weight excluding hydrogens is 362 g/mol. The van der Waals surface area contributed by atoms with E-state index >= 15 is 0 Å². The van der Waals surface area contributed by atoms with Crippen LogP contribution in [0.15, 0.2) is 18.5 Å². The molecule has 2 aromatic heterocycles. The summed E-state index contributed by atoms with van der Waals surface area (Å²) in [4.78, 5) is 4.24. The zero-order chi connectivity index (χ0) is 13.6. The molecule has 2 heterocycles. The summed E-state index contributed by atoms with van der Waals surface area (Å²) in [5, 5.41) is 7.80. The fourth-order valence-electron chi connectivity index (χ4n) is 1.90. The Balaban J connectivity index is 2.15. The van der Waals surface area contributed by atoms with E-state index in [0.717, 1.165) is 5.82 Å². The number of aryl methyl sites for hydroxylation is 1. The van der Waals surface area contributed by atoms with E-state index in [-0.39, 0.29) is 5.82 Å². The SMILES string of the molecule is Cn1cnnc1Cn1c(N)nc2cc(I)c(F)cc21. The summed E-state index contributed by atoms with van der Waals surface area (Å²) in [5.74, 6) is 0.775. The number of halogens is 2. The highest BCUT2D eigenvalue weighted by Gasteiger charge is 2.13. The van der Waals surface area contributed by atoms with Crippen molar-refractivity contribution in [3.8, 4) is 0 Å². The van der Waals surface area contributed by atoms with Gasteiger partial charge in [-0.1, -0.05) is 0 Å². The second-order valence-electron chi connectivity index (χ2n) is 4.17. The van der Waals surface area contributed by atoms with Crippen LogP contribution in [0.3, 0.4) is 0 Å². The number of anilines is 1. The normalized spacial score (nSPS) is 11.3. The Bertz CT molecular complexity index is 762. The Morgan fingerprint density at radius 3 is 2.89 bits per heavy atom. The first-order chi connectivity index (χ1) is 9.06. The minimum absolute atomic E-state index is 0.285. The van der Waals surface area contributed by atoms with Crippen molar-refractivity contribution < 1.29 is 4.39 Å². The van der Waals surface area contributed by atoms with Crippen molar-refractivity contribution in [1.29, 1.82) is 0 Å². The molecule has 3 rings (SSSR count). The summed E-state index contributed by atoms with van der Waals surface area (Å²) in [6.45, 7) is 0.402. The van der Waals surface area contributed by atoms with Gasteiger partial charge in [0.25, 0.3) is 0 Å². The van der Waals surface area contributed by atoms with Crippen molar-refractivity contribution >= 4 is 39.6 Å². The van der Waals surface area contributed by atoms with Crippen LogP contribution in [0.4, 0.5) is 10.3 Å². The molecule has 19 heavy (non-hydrogen) atoms. The predicted molar refractivity (Wildman–Crippen MR) is 76.9 cm³/mol. The minimum atomic E-state index is -0.285. The smallest absolute Gasteiger partial charge is 0.201 e. The highest BCUT2D eigenvalue weighted by Crippen LogP contribution is 2.23. The van der Waals surface area contributed by atoms with Crippen LogP contribution in [0.1, 0.15) is 5.82 Å². The van der Waals surface area contributed by atoms with Crippen LogP contribution in [0.2, 0.25) is 0 Å². The van der Waals surface area contributed by atoms with E-state index in [1.165, 1.54) is 6.07 Å². The van der Waals surface area contributed by atoms with Gasteiger partial charge in [-0.15, -0.1) is 10.2 Å². The van der Waals surface area contributed by atoms with Gasteiger partial charge in [0.15, 0.2) is 5.82 Å². The molecule has 6 nitrogen and oxygen atoms in total. The molecule has 0 spiro atoms. The topological polar surface area (TPSA) is 74.5 Å². The number of hydrogen-bond donors (Lipinski definition) is 1. The van der Waals surface area contributed by atoms with Crippen LogP contribution in [0.25, 0.3) is 11.0 Å². The van der Waals surface area contributed by atoms with Gasteiger partial charge in [-0.2, -0.15) is 0 Å². The van der Waals surface area contributed by atoms with E-state index in [0.29, 0.717) is 27.1 Å². The average molecular weight is 372 g/mol. The lowest BCUT2D eigenvalue weighted by Crippen LogP contribution is -2.08. The second kappa shape index (κ2) is 4.44. The van der Waals surface area contributed by atoms with Crippen molar-refractivity contribution in [2.45, 2.75) is 6.54 Å². The molecular formula is C11H10FIN6. The van der Waals surface area contributed by atoms with Crippen LogP contribution in [0.5, 0.6) is 0 Å². The van der Waals surface area contributed by atoms with Crippen molar-refractivity contribution in [2.24, 2.45) is 7.05 Å². The number of nitrogen functional groups attached to an aromatic ring is 1. The Kier molecular flexibility index (Phi) is 2.88. The lowest BCUT2D eigenvalue weighted by Gasteiger charge is -2.06. The number of benzene rings is 1. The highest BCUT2D eigenvalue weighted by atomic mass is 127. The van der Waals surface area contributed by atoms with Gasteiger partial charge in [0.2, 0.25) is 5.95 Å². The fourth-order valence-corrected chi connectivity index (χ4v) is 2.35. The number of hydrogen-bond acceptors (Lipinski definition) is 4. The third-order valence-electron chi connectivity index (χ3n) is 2.92. The van der Waals surface area contributed by atoms with Crippen LogP contribution >= 0.6 is 22.6 Å². The summed E-state index contributed by atoms with van der Waals surface area (Å²) < 4.78 is 17.7. The van der Waals surface area contributed by atoms with Gasteiger partial charge in [-0.05, 0) is 28.7 Å². The molecule has 2 N–H and O–H groups in total. The Hall–Kier alpha value is -1.71. The number of imidazole rings is 1. The largest absolute Gasteiger partial charge is 0.369 e. The molecule has 0 atom stereocenters. The van der Waals surface area contributed by atoms with E-state index in [2.05, 4.69) is 15.2 Å². The second-order valence-corrected chi connectivity index (χ2v) is 5.33. The van der Waals surface area contributed by atoms with Gasteiger partial charge in [0.05, 0.1) is 21.1 Å². The maximum absolute atomic E-state index is 13.7. The molecule has 3 aromatic rings. The van der Waals surface area contributed by atoms with Gasteiger partial charge in [0, 0.05) is 13.1 Å². The standard InChI is InChI=1S/C11H10FIN6/c1-18-5-15-17-10(18)4-19-9-2-6(12)7(13)3-8(9)16-11(19)14/h2-3,5H,4H2,1H3,(H2,14,16). The quantitative estimate of drug-likeness (QED) is 0.693. The van der Waals surface area contributed by atoms with Gasteiger partial charge in [-0.3, -0.25) is 0 Å². The van der Waals surface area contributed by atoms with Crippen LogP contribution in [-0.4, -0.2) is 24.3 Å². The maximum atomic E-state index is 13.7. The molecule has 0 amide bonds.